The highest BCUT2D eigenvalue weighted by molar-refractivity contribution is 5.88. The number of hydrogen-bond donors (Lipinski definition) is 0. The zero-order valence-corrected chi connectivity index (χ0v) is 15.2. The van der Waals surface area contributed by atoms with Crippen LogP contribution in [0, 0.1) is 0 Å². The van der Waals surface area contributed by atoms with Crippen LogP contribution in [-0.4, -0.2) is 20.6 Å². The summed E-state index contributed by atoms with van der Waals surface area (Å²) in [5, 5.41) is 7.49. The fraction of sp³-hybridized carbons (Fsp3) is 0.0833. The Hall–Kier alpha value is -3.66. The molecule has 0 atom stereocenters. The number of pyridine rings is 1. The Morgan fingerprint density at radius 3 is 2.54 bits per heavy atom. The minimum absolute atomic E-state index is 0.400. The van der Waals surface area contributed by atoms with E-state index in [-0.39, 0.29) is 0 Å². The molecule has 2 N–H and O–H groups in total. The van der Waals surface area contributed by atoms with Gasteiger partial charge in [0.1, 0.15) is 5.56 Å². The van der Waals surface area contributed by atoms with Crippen molar-refractivity contribution in [3.05, 3.63) is 95.9 Å². The van der Waals surface area contributed by atoms with E-state index in [9.17, 15) is 4.79 Å². The van der Waals surface area contributed by atoms with E-state index in [1.54, 1.807) is 24.5 Å². The van der Waals surface area contributed by atoms with Crippen LogP contribution < -0.4 is 0 Å². The molecule has 4 nitrogen and oxygen atoms in total. The van der Waals surface area contributed by atoms with Gasteiger partial charge in [0.05, 0.1) is 5.69 Å². The number of nitrogens with zero attached hydrogens (tertiary/aromatic N) is 2. The van der Waals surface area contributed by atoms with Gasteiger partial charge in [-0.3, -0.25) is 4.98 Å². The first-order chi connectivity index (χ1) is 13.7. The Labute approximate surface area is 162 Å². The molecule has 0 saturated heterocycles. The molecule has 0 amide bonds. The molecule has 2 aromatic carbocycles. The Morgan fingerprint density at radius 2 is 1.71 bits per heavy atom. The van der Waals surface area contributed by atoms with E-state index < -0.39 is 5.97 Å². The minimum Gasteiger partial charge on any atom is -0.561 e. The lowest BCUT2D eigenvalue weighted by Gasteiger charge is -2.20. The van der Waals surface area contributed by atoms with E-state index in [0.717, 1.165) is 29.8 Å². The van der Waals surface area contributed by atoms with Crippen LogP contribution in [-0.2, 0) is 12.8 Å². The summed E-state index contributed by atoms with van der Waals surface area (Å²) in [5.41, 5.74) is 8.55. The van der Waals surface area contributed by atoms with E-state index in [1.807, 2.05) is 24.3 Å². The van der Waals surface area contributed by atoms with Crippen LogP contribution in [0.15, 0.2) is 79.1 Å². The van der Waals surface area contributed by atoms with Crippen LogP contribution in [0.1, 0.15) is 21.6 Å². The summed E-state index contributed by atoms with van der Waals surface area (Å²) in [5.74, 6) is -0.668. The van der Waals surface area contributed by atoms with Gasteiger partial charge in [0.2, 0.25) is 0 Å². The first-order valence-electron chi connectivity index (χ1n) is 9.32. The van der Waals surface area contributed by atoms with Crippen molar-refractivity contribution in [3.8, 4) is 28.1 Å². The summed E-state index contributed by atoms with van der Waals surface area (Å²) in [7, 11) is 0. The molecule has 4 aromatic rings. The standard InChI is InChI=1S/C24H18N2O2/c27-24(28)18-5-3-6-19(14-18)26-22-9-8-16-4-1-2-7-20(16)21(22)15-23(26)17-10-12-25-13-11-17/h1-7,10-15H,8-9H2,(H,27,28)/p+1. The van der Waals surface area contributed by atoms with Gasteiger partial charge in [-0.25, -0.2) is 0 Å². The van der Waals surface area contributed by atoms with Crippen molar-refractivity contribution in [2.24, 2.45) is 0 Å². The van der Waals surface area contributed by atoms with Gasteiger partial charge >= 0.3 is 5.97 Å². The quantitative estimate of drug-likeness (QED) is 0.510. The Kier molecular flexibility index (Phi) is 3.83. The molecule has 2 heterocycles. The van der Waals surface area contributed by atoms with Gasteiger partial charge in [-0.15, -0.1) is 0 Å². The highest BCUT2D eigenvalue weighted by Crippen LogP contribution is 2.40. The molecule has 28 heavy (non-hydrogen) atoms. The second kappa shape index (κ2) is 6.50. The van der Waals surface area contributed by atoms with E-state index in [0.29, 0.717) is 5.56 Å². The fourth-order valence-corrected chi connectivity index (χ4v) is 4.10. The summed E-state index contributed by atoms with van der Waals surface area (Å²) in [6.07, 6.45) is 5.50. The lowest BCUT2D eigenvalue weighted by Crippen LogP contribution is -2.09. The number of aromatic nitrogens is 2. The van der Waals surface area contributed by atoms with Crippen LogP contribution in [0.4, 0.5) is 0 Å². The Balaban J connectivity index is 1.80. The molecule has 0 unspecified atom stereocenters. The second-order valence-electron chi connectivity index (χ2n) is 7.00. The maximum atomic E-state index is 11.6. The van der Waals surface area contributed by atoms with Crippen molar-refractivity contribution in [2.75, 3.05) is 0 Å². The number of hydrogen-bond acceptors (Lipinski definition) is 2. The predicted molar refractivity (Wildman–Crippen MR) is 110 cm³/mol. The summed E-state index contributed by atoms with van der Waals surface area (Å²) in [6, 6.07) is 22.1. The topological polar surface area (TPSA) is 57.8 Å². The molecular formula is C24H19N2O2+. The molecule has 2 aromatic heterocycles. The van der Waals surface area contributed by atoms with Crippen LogP contribution in [0.2, 0.25) is 0 Å². The zero-order chi connectivity index (χ0) is 19.1. The second-order valence-corrected chi connectivity index (χ2v) is 7.00. The predicted octanol–water partition coefficient (Wildman–Crippen LogP) is 4.17. The summed E-state index contributed by atoms with van der Waals surface area (Å²) >= 11 is 0. The molecule has 0 aliphatic heterocycles. The Morgan fingerprint density at radius 1 is 0.893 bits per heavy atom. The van der Waals surface area contributed by atoms with Gasteiger partial charge in [-0.2, -0.15) is 0 Å². The molecule has 0 bridgehead atoms. The lowest BCUT2D eigenvalue weighted by molar-refractivity contribution is 0.0697. The van der Waals surface area contributed by atoms with Gasteiger partial charge in [0.25, 0.3) is 0 Å². The molecule has 0 radical (unpaired) electrons. The third kappa shape index (κ3) is 2.62. The van der Waals surface area contributed by atoms with E-state index >= 15 is 0 Å². The number of carbonyl (C=O) groups is 1. The highest BCUT2D eigenvalue weighted by Gasteiger charge is 2.24. The number of rotatable bonds is 3. The molecule has 5 rings (SSSR count). The summed E-state index contributed by atoms with van der Waals surface area (Å²) in [4.78, 5) is 15.8. The van der Waals surface area contributed by atoms with E-state index in [4.69, 9.17) is 5.11 Å². The van der Waals surface area contributed by atoms with Gasteiger partial charge in [0.15, 0.2) is 0 Å². The number of aryl methyl sites for hydroxylation is 1. The van der Waals surface area contributed by atoms with Gasteiger partial charge in [-0.1, -0.05) is 30.3 Å². The summed E-state index contributed by atoms with van der Waals surface area (Å²) < 4.78 is 2.23. The van der Waals surface area contributed by atoms with Crippen LogP contribution >= 0.6 is 0 Å². The number of benzene rings is 2. The molecular weight excluding hydrogens is 348 g/mol. The lowest BCUT2D eigenvalue weighted by atomic mass is 9.90. The van der Waals surface area contributed by atoms with Gasteiger partial charge in [0, 0.05) is 39.7 Å². The average molecular weight is 367 g/mol. The molecule has 4 heteroatoms. The molecule has 0 fully saturated rings. The van der Waals surface area contributed by atoms with Crippen molar-refractivity contribution in [1.82, 2.24) is 9.55 Å². The van der Waals surface area contributed by atoms with Crippen molar-refractivity contribution >= 4 is 5.97 Å². The average Bonchev–Trinajstić information content (AvgIpc) is 3.14. The van der Waals surface area contributed by atoms with Crippen molar-refractivity contribution in [2.45, 2.75) is 12.8 Å². The zero-order valence-electron chi connectivity index (χ0n) is 15.2. The SMILES string of the molecule is O=C([OH2+])c1cccc(-n2c(-c3ccncc3)cc3c2CCc2ccccc2-3)c1. The normalized spacial score (nSPS) is 12.3. The molecule has 0 saturated carbocycles. The van der Waals surface area contributed by atoms with E-state index in [1.165, 1.54) is 22.4 Å². The molecule has 0 spiro atoms. The third-order valence-electron chi connectivity index (χ3n) is 5.38. The van der Waals surface area contributed by atoms with Crippen LogP contribution in [0.25, 0.3) is 28.1 Å². The van der Waals surface area contributed by atoms with E-state index in [2.05, 4.69) is 39.9 Å². The summed E-state index contributed by atoms with van der Waals surface area (Å²) in [6.45, 7) is 0. The van der Waals surface area contributed by atoms with Gasteiger partial charge in [-0.05, 0) is 60.4 Å². The van der Waals surface area contributed by atoms with Crippen LogP contribution in [0.3, 0.4) is 0 Å². The smallest absolute Gasteiger partial charge is 0.549 e. The monoisotopic (exact) mass is 367 g/mol. The van der Waals surface area contributed by atoms with Crippen molar-refractivity contribution in [1.29, 1.82) is 0 Å². The third-order valence-corrected chi connectivity index (χ3v) is 5.38. The minimum atomic E-state index is -0.668. The maximum Gasteiger partial charge on any atom is 0.549 e. The molecule has 1 aliphatic rings. The van der Waals surface area contributed by atoms with Gasteiger partial charge < -0.3 is 9.67 Å². The van der Waals surface area contributed by atoms with Crippen molar-refractivity contribution < 1.29 is 9.90 Å². The largest absolute Gasteiger partial charge is 0.561 e. The first-order valence-corrected chi connectivity index (χ1v) is 9.32. The van der Waals surface area contributed by atoms with Crippen molar-refractivity contribution in [3.63, 3.8) is 0 Å². The number of fused-ring (bicyclic) bond motifs is 3. The molecule has 136 valence electrons. The fourth-order valence-electron chi connectivity index (χ4n) is 4.10. The maximum absolute atomic E-state index is 11.6. The highest BCUT2D eigenvalue weighted by atomic mass is 16.4. The Bertz CT molecular complexity index is 1190. The van der Waals surface area contributed by atoms with Crippen LogP contribution in [0.5, 0.6) is 0 Å². The molecule has 1 aliphatic carbocycles. The number of carbonyl (C=O) groups excluding carboxylic acids is 1. The first kappa shape index (κ1) is 16.5.